The topological polar surface area (TPSA) is 54.0 Å². The number of amides is 1. The number of hydrogen-bond acceptors (Lipinski definition) is 3. The molecule has 2 rings (SSSR count). The minimum absolute atomic E-state index is 0.146. The number of nitrogens with one attached hydrogen (secondary N) is 2. The van der Waals surface area contributed by atoms with Gasteiger partial charge in [-0.05, 0) is 24.3 Å². The van der Waals surface area contributed by atoms with Crippen LogP contribution in [0.1, 0.15) is 44.0 Å². The van der Waals surface area contributed by atoms with Gasteiger partial charge < -0.3 is 10.6 Å². The normalized spacial score (nSPS) is 19.9. The van der Waals surface area contributed by atoms with E-state index in [-0.39, 0.29) is 22.9 Å². The van der Waals surface area contributed by atoms with Crippen molar-refractivity contribution in [1.82, 2.24) is 10.3 Å². The first-order chi connectivity index (χ1) is 8.94. The summed E-state index contributed by atoms with van der Waals surface area (Å²) in [4.78, 5) is 16.1. The number of carbonyl (C=O) groups is 1. The van der Waals surface area contributed by atoms with Gasteiger partial charge in [-0.25, -0.2) is 9.37 Å². The molecule has 1 heterocycles. The van der Waals surface area contributed by atoms with Gasteiger partial charge in [0.2, 0.25) is 0 Å². The molecule has 1 aromatic heterocycles. The second-order valence-corrected chi connectivity index (χ2v) is 5.70. The molecule has 1 aliphatic rings. The summed E-state index contributed by atoms with van der Waals surface area (Å²) in [6, 6.07) is 1.40. The summed E-state index contributed by atoms with van der Waals surface area (Å²) in [5.74, 6) is -0.317. The summed E-state index contributed by atoms with van der Waals surface area (Å²) >= 11 is 0. The average Bonchev–Trinajstić information content (AvgIpc) is 2.94. The van der Waals surface area contributed by atoms with Crippen LogP contribution in [0.15, 0.2) is 12.3 Å². The minimum Gasteiger partial charge on any atom is -0.369 e. The molecule has 0 bridgehead atoms. The van der Waals surface area contributed by atoms with Gasteiger partial charge in [-0.1, -0.05) is 20.8 Å². The molecule has 1 aliphatic carbocycles. The highest BCUT2D eigenvalue weighted by atomic mass is 19.1. The maximum absolute atomic E-state index is 13.3. The Bertz CT molecular complexity index is 488. The predicted molar refractivity (Wildman–Crippen MR) is 72.6 cm³/mol. The molecule has 1 atom stereocenters. The second-order valence-electron chi connectivity index (χ2n) is 5.70. The minimum atomic E-state index is -0.498. The molecule has 1 aromatic rings. The van der Waals surface area contributed by atoms with Crippen LogP contribution in [0, 0.1) is 11.2 Å². The molecule has 19 heavy (non-hydrogen) atoms. The first-order valence-electron chi connectivity index (χ1n) is 6.64. The molecule has 2 N–H and O–H groups in total. The van der Waals surface area contributed by atoms with Gasteiger partial charge in [0.1, 0.15) is 11.6 Å². The Kier molecular flexibility index (Phi) is 3.73. The first-order valence-corrected chi connectivity index (χ1v) is 6.64. The van der Waals surface area contributed by atoms with Crippen LogP contribution in [0.3, 0.4) is 0 Å². The molecule has 0 radical (unpaired) electrons. The molecule has 4 nitrogen and oxygen atoms in total. The fraction of sp³-hybridized carbons (Fsp3) is 0.571. The van der Waals surface area contributed by atoms with E-state index in [1.165, 1.54) is 6.07 Å². The zero-order valence-electron chi connectivity index (χ0n) is 11.6. The summed E-state index contributed by atoms with van der Waals surface area (Å²) in [5, 5.41) is 5.97. The molecule has 104 valence electrons. The van der Waals surface area contributed by atoms with Gasteiger partial charge in [0.25, 0.3) is 5.91 Å². The monoisotopic (exact) mass is 265 g/mol. The molecule has 0 aliphatic heterocycles. The number of rotatable bonds is 5. The lowest BCUT2D eigenvalue weighted by atomic mass is 10.2. The summed E-state index contributed by atoms with van der Waals surface area (Å²) in [6.07, 6.45) is 2.99. The van der Waals surface area contributed by atoms with E-state index in [1.54, 1.807) is 0 Å². The lowest BCUT2D eigenvalue weighted by molar-refractivity contribution is 0.0946. The van der Waals surface area contributed by atoms with Crippen molar-refractivity contribution in [3.8, 4) is 0 Å². The van der Waals surface area contributed by atoms with E-state index in [0.717, 1.165) is 19.0 Å². The van der Waals surface area contributed by atoms with E-state index in [2.05, 4.69) is 29.5 Å². The second kappa shape index (κ2) is 5.15. The van der Waals surface area contributed by atoms with Gasteiger partial charge in [-0.15, -0.1) is 0 Å². The summed E-state index contributed by atoms with van der Waals surface area (Å²) in [6.45, 7) is 6.91. The van der Waals surface area contributed by atoms with Crippen molar-refractivity contribution in [3.05, 3.63) is 23.6 Å². The zero-order chi connectivity index (χ0) is 14.0. The molecule has 1 unspecified atom stereocenters. The summed E-state index contributed by atoms with van der Waals surface area (Å²) in [5.41, 5.74) is 0.420. The molecule has 5 heteroatoms. The number of hydrogen-bond donors (Lipinski definition) is 2. The van der Waals surface area contributed by atoms with E-state index in [0.29, 0.717) is 12.4 Å². The Morgan fingerprint density at radius 2 is 2.26 bits per heavy atom. The van der Waals surface area contributed by atoms with Crippen LogP contribution < -0.4 is 10.6 Å². The lowest BCUT2D eigenvalue weighted by Gasteiger charge is -2.11. The van der Waals surface area contributed by atoms with Crippen LogP contribution in [-0.4, -0.2) is 23.5 Å². The highest BCUT2D eigenvalue weighted by Crippen LogP contribution is 2.44. The third kappa shape index (κ3) is 3.22. The number of aromatic nitrogens is 1. The zero-order valence-corrected chi connectivity index (χ0v) is 11.6. The van der Waals surface area contributed by atoms with Crippen molar-refractivity contribution in [2.24, 2.45) is 5.41 Å². The Labute approximate surface area is 112 Å². The summed E-state index contributed by atoms with van der Waals surface area (Å²) in [7, 11) is 0. The molecule has 1 saturated carbocycles. The van der Waals surface area contributed by atoms with E-state index in [9.17, 15) is 9.18 Å². The van der Waals surface area contributed by atoms with Gasteiger partial charge in [0.05, 0.1) is 11.8 Å². The molecule has 1 amide bonds. The van der Waals surface area contributed by atoms with E-state index in [4.69, 9.17) is 0 Å². The van der Waals surface area contributed by atoms with Gasteiger partial charge in [0, 0.05) is 12.6 Å². The molecular weight excluding hydrogens is 245 g/mol. The number of nitrogens with zero attached hydrogens (tertiary/aromatic N) is 1. The largest absolute Gasteiger partial charge is 0.369 e. The fourth-order valence-corrected chi connectivity index (χ4v) is 1.95. The van der Waals surface area contributed by atoms with Gasteiger partial charge in [-0.2, -0.15) is 0 Å². The van der Waals surface area contributed by atoms with Crippen LogP contribution in [0.4, 0.5) is 10.2 Å². The maximum atomic E-state index is 13.3. The average molecular weight is 265 g/mol. The van der Waals surface area contributed by atoms with Crippen molar-refractivity contribution in [2.75, 3.05) is 11.9 Å². The highest BCUT2D eigenvalue weighted by Gasteiger charge is 2.46. The molecule has 1 fully saturated rings. The molecular formula is C14H20FN3O. The van der Waals surface area contributed by atoms with Crippen molar-refractivity contribution in [1.29, 1.82) is 0 Å². The molecule has 0 saturated heterocycles. The van der Waals surface area contributed by atoms with Crippen LogP contribution in [0.25, 0.3) is 0 Å². The van der Waals surface area contributed by atoms with Crippen molar-refractivity contribution >= 4 is 11.7 Å². The number of pyridine rings is 1. The predicted octanol–water partition coefficient (Wildman–Crippen LogP) is 2.57. The quantitative estimate of drug-likeness (QED) is 0.860. The Hall–Kier alpha value is -1.65. The number of halogens is 1. The number of anilines is 1. The number of carbonyl (C=O) groups excluding carboxylic acids is 1. The fourth-order valence-electron chi connectivity index (χ4n) is 1.95. The van der Waals surface area contributed by atoms with E-state index in [1.807, 2.05) is 6.92 Å². The van der Waals surface area contributed by atoms with E-state index >= 15 is 0 Å². The van der Waals surface area contributed by atoms with Crippen LogP contribution in [0.2, 0.25) is 0 Å². The smallest absolute Gasteiger partial charge is 0.255 e. The molecule has 0 spiro atoms. The SMILES string of the molecule is CCCNc1ncc(F)cc1C(=O)NC1CC1(C)C. The van der Waals surface area contributed by atoms with Gasteiger partial charge in [0.15, 0.2) is 0 Å². The highest BCUT2D eigenvalue weighted by molar-refractivity contribution is 5.99. The Morgan fingerprint density at radius 3 is 2.84 bits per heavy atom. The van der Waals surface area contributed by atoms with Crippen LogP contribution in [-0.2, 0) is 0 Å². The standard InChI is InChI=1S/C14H20FN3O/c1-4-5-16-12-10(6-9(15)8-17-12)13(19)18-11-7-14(11,2)3/h6,8,11H,4-5,7H2,1-3H3,(H,16,17)(H,18,19). The van der Waals surface area contributed by atoms with E-state index < -0.39 is 5.82 Å². The third-order valence-corrected chi connectivity index (χ3v) is 3.46. The maximum Gasteiger partial charge on any atom is 0.255 e. The molecule has 0 aromatic carbocycles. The van der Waals surface area contributed by atoms with Crippen LogP contribution in [0.5, 0.6) is 0 Å². The van der Waals surface area contributed by atoms with Gasteiger partial charge in [-0.3, -0.25) is 4.79 Å². The van der Waals surface area contributed by atoms with Crippen LogP contribution >= 0.6 is 0 Å². The summed E-state index contributed by atoms with van der Waals surface area (Å²) < 4.78 is 13.3. The van der Waals surface area contributed by atoms with Crippen molar-refractivity contribution in [3.63, 3.8) is 0 Å². The first kappa shape index (κ1) is 13.8. The third-order valence-electron chi connectivity index (χ3n) is 3.46. The van der Waals surface area contributed by atoms with Crippen molar-refractivity contribution in [2.45, 2.75) is 39.7 Å². The Balaban J connectivity index is 2.12. The van der Waals surface area contributed by atoms with Crippen molar-refractivity contribution < 1.29 is 9.18 Å². The lowest BCUT2D eigenvalue weighted by Crippen LogP contribution is -2.29. The van der Waals surface area contributed by atoms with Gasteiger partial charge >= 0.3 is 0 Å². The Morgan fingerprint density at radius 1 is 1.58 bits per heavy atom.